The second kappa shape index (κ2) is 9.17. The highest BCUT2D eigenvalue weighted by molar-refractivity contribution is 7.89. The number of carbonyl (C=O) groups is 2. The van der Waals surface area contributed by atoms with Crippen LogP contribution in [0.2, 0.25) is 0 Å². The van der Waals surface area contributed by atoms with E-state index < -0.39 is 16.0 Å². The SMILES string of the molecule is Cc1cc(C(=O)COC(=O)c2ccc(S(=O)(=O)N(C)C)cc2)c(C)n1Cc1cccs1. The van der Waals surface area contributed by atoms with Gasteiger partial charge in [-0.15, -0.1) is 11.3 Å². The van der Waals surface area contributed by atoms with Gasteiger partial charge in [0, 0.05) is 35.9 Å². The molecule has 0 aliphatic rings. The van der Waals surface area contributed by atoms with Crippen molar-refractivity contribution >= 4 is 33.1 Å². The molecule has 0 unspecified atom stereocenters. The number of sulfonamides is 1. The number of ether oxygens (including phenoxy) is 1. The molecule has 3 rings (SSSR count). The first-order valence-electron chi connectivity index (χ1n) is 9.53. The van der Waals surface area contributed by atoms with Crippen LogP contribution in [0.5, 0.6) is 0 Å². The maximum Gasteiger partial charge on any atom is 0.338 e. The summed E-state index contributed by atoms with van der Waals surface area (Å²) < 4.78 is 32.5. The number of aromatic nitrogens is 1. The Morgan fingerprint density at radius 2 is 1.77 bits per heavy atom. The van der Waals surface area contributed by atoms with E-state index in [0.29, 0.717) is 12.1 Å². The number of carbonyl (C=O) groups excluding carboxylic acids is 2. The first-order chi connectivity index (χ1) is 14.6. The molecule has 1 aromatic carbocycles. The lowest BCUT2D eigenvalue weighted by Gasteiger charge is -2.11. The number of hydrogen-bond acceptors (Lipinski definition) is 6. The fraction of sp³-hybridized carbons (Fsp3) is 0.273. The molecule has 0 N–H and O–H groups in total. The van der Waals surface area contributed by atoms with Gasteiger partial charge in [0.15, 0.2) is 6.61 Å². The molecular formula is C22H24N2O5S2. The molecule has 0 amide bonds. The van der Waals surface area contributed by atoms with Crippen molar-refractivity contribution in [1.82, 2.24) is 8.87 Å². The van der Waals surface area contributed by atoms with Crippen molar-refractivity contribution in [1.29, 1.82) is 0 Å². The summed E-state index contributed by atoms with van der Waals surface area (Å²) in [4.78, 5) is 26.2. The number of rotatable bonds is 8. The quantitative estimate of drug-likeness (QED) is 0.379. The Labute approximate surface area is 185 Å². The fourth-order valence-corrected chi connectivity index (χ4v) is 4.75. The van der Waals surface area contributed by atoms with Gasteiger partial charge in [-0.3, -0.25) is 4.79 Å². The van der Waals surface area contributed by atoms with E-state index in [4.69, 9.17) is 4.74 Å². The van der Waals surface area contributed by atoms with Crippen molar-refractivity contribution in [2.75, 3.05) is 20.7 Å². The molecule has 31 heavy (non-hydrogen) atoms. The summed E-state index contributed by atoms with van der Waals surface area (Å²) in [7, 11) is -0.719. The fourth-order valence-electron chi connectivity index (χ4n) is 3.15. The van der Waals surface area contributed by atoms with E-state index >= 15 is 0 Å². The minimum atomic E-state index is -3.58. The third-order valence-electron chi connectivity index (χ3n) is 4.97. The van der Waals surface area contributed by atoms with E-state index in [9.17, 15) is 18.0 Å². The predicted molar refractivity (Wildman–Crippen MR) is 119 cm³/mol. The molecule has 164 valence electrons. The second-order valence-electron chi connectivity index (χ2n) is 7.26. The highest BCUT2D eigenvalue weighted by Gasteiger charge is 2.20. The van der Waals surface area contributed by atoms with E-state index in [1.165, 1.54) is 43.2 Å². The number of thiophene rings is 1. The van der Waals surface area contributed by atoms with Crippen molar-refractivity contribution in [3.8, 4) is 0 Å². The van der Waals surface area contributed by atoms with Gasteiger partial charge < -0.3 is 9.30 Å². The number of hydrogen-bond donors (Lipinski definition) is 0. The van der Waals surface area contributed by atoms with Gasteiger partial charge in [-0.1, -0.05) is 6.07 Å². The molecule has 0 aliphatic heterocycles. The van der Waals surface area contributed by atoms with Crippen LogP contribution in [-0.4, -0.2) is 49.7 Å². The van der Waals surface area contributed by atoms with Crippen LogP contribution in [0.25, 0.3) is 0 Å². The zero-order chi connectivity index (χ0) is 22.8. The number of esters is 1. The summed E-state index contributed by atoms with van der Waals surface area (Å²) in [6.45, 7) is 4.11. The molecule has 0 aliphatic carbocycles. The summed E-state index contributed by atoms with van der Waals surface area (Å²) in [6.07, 6.45) is 0. The summed E-state index contributed by atoms with van der Waals surface area (Å²) in [6, 6.07) is 11.3. The molecule has 0 spiro atoms. The van der Waals surface area contributed by atoms with Gasteiger partial charge in [0.25, 0.3) is 0 Å². The molecule has 7 nitrogen and oxygen atoms in total. The van der Waals surface area contributed by atoms with Gasteiger partial charge in [-0.2, -0.15) is 0 Å². The molecule has 0 radical (unpaired) electrons. The molecule has 2 aromatic heterocycles. The smallest absolute Gasteiger partial charge is 0.338 e. The van der Waals surface area contributed by atoms with Crippen LogP contribution in [0, 0.1) is 13.8 Å². The molecule has 0 saturated carbocycles. The van der Waals surface area contributed by atoms with Crippen LogP contribution in [0.4, 0.5) is 0 Å². The number of nitrogens with zero attached hydrogens (tertiary/aromatic N) is 2. The number of aryl methyl sites for hydroxylation is 1. The second-order valence-corrected chi connectivity index (χ2v) is 10.4. The molecule has 0 saturated heterocycles. The van der Waals surface area contributed by atoms with Crippen molar-refractivity contribution in [3.05, 3.63) is 75.2 Å². The van der Waals surface area contributed by atoms with Gasteiger partial charge in [-0.05, 0) is 55.6 Å². The summed E-state index contributed by atoms with van der Waals surface area (Å²) in [5.74, 6) is -0.972. The zero-order valence-corrected chi connectivity index (χ0v) is 19.4. The third kappa shape index (κ3) is 4.95. The maximum atomic E-state index is 12.7. The van der Waals surface area contributed by atoms with Crippen LogP contribution in [0.3, 0.4) is 0 Å². The van der Waals surface area contributed by atoms with Crippen LogP contribution < -0.4 is 0 Å². The lowest BCUT2D eigenvalue weighted by Crippen LogP contribution is -2.22. The Kier molecular flexibility index (Phi) is 6.78. The highest BCUT2D eigenvalue weighted by atomic mass is 32.2. The standard InChI is InChI=1S/C22H24N2O5S2/c1-15-12-20(16(2)24(15)13-18-6-5-11-30-18)21(25)14-29-22(26)17-7-9-19(10-8-17)31(27,28)23(3)4/h5-12H,13-14H2,1-4H3. The first kappa shape index (κ1) is 22.9. The number of ketones is 1. The third-order valence-corrected chi connectivity index (χ3v) is 7.66. The summed E-state index contributed by atoms with van der Waals surface area (Å²) >= 11 is 1.65. The van der Waals surface area contributed by atoms with Gasteiger partial charge >= 0.3 is 5.97 Å². The Morgan fingerprint density at radius 1 is 1.10 bits per heavy atom. The average molecular weight is 461 g/mol. The first-order valence-corrected chi connectivity index (χ1v) is 11.8. The minimum absolute atomic E-state index is 0.0725. The molecule has 0 atom stereocenters. The number of benzene rings is 1. The molecular weight excluding hydrogens is 436 g/mol. The monoisotopic (exact) mass is 460 g/mol. The van der Waals surface area contributed by atoms with E-state index in [2.05, 4.69) is 4.57 Å². The van der Waals surface area contributed by atoms with Crippen molar-refractivity contribution < 1.29 is 22.7 Å². The highest BCUT2D eigenvalue weighted by Crippen LogP contribution is 2.20. The van der Waals surface area contributed by atoms with Crippen LogP contribution in [0.1, 0.15) is 37.0 Å². The van der Waals surface area contributed by atoms with E-state index in [0.717, 1.165) is 15.7 Å². The van der Waals surface area contributed by atoms with Crippen molar-refractivity contribution in [2.45, 2.75) is 25.3 Å². The average Bonchev–Trinajstić information content (AvgIpc) is 3.35. The Bertz CT molecular complexity index is 1190. The van der Waals surface area contributed by atoms with E-state index in [-0.39, 0.29) is 22.8 Å². The Hall–Kier alpha value is -2.75. The van der Waals surface area contributed by atoms with Crippen LogP contribution >= 0.6 is 11.3 Å². The lowest BCUT2D eigenvalue weighted by molar-refractivity contribution is 0.0474. The molecule has 9 heteroatoms. The van der Waals surface area contributed by atoms with Gasteiger partial charge in [-0.25, -0.2) is 17.5 Å². The summed E-state index contributed by atoms with van der Waals surface area (Å²) in [5, 5.41) is 2.01. The Morgan fingerprint density at radius 3 is 2.35 bits per heavy atom. The van der Waals surface area contributed by atoms with Crippen molar-refractivity contribution in [3.63, 3.8) is 0 Å². The van der Waals surface area contributed by atoms with Gasteiger partial charge in [0.05, 0.1) is 17.0 Å². The minimum Gasteiger partial charge on any atom is -0.454 e. The Balaban J connectivity index is 1.66. The summed E-state index contributed by atoms with van der Waals surface area (Å²) in [5.41, 5.74) is 2.48. The van der Waals surface area contributed by atoms with E-state index in [1.807, 2.05) is 31.4 Å². The zero-order valence-electron chi connectivity index (χ0n) is 17.8. The molecule has 2 heterocycles. The van der Waals surface area contributed by atoms with Gasteiger partial charge in [0.2, 0.25) is 15.8 Å². The predicted octanol–water partition coefficient (Wildman–Crippen LogP) is 3.50. The van der Waals surface area contributed by atoms with Crippen molar-refractivity contribution in [2.24, 2.45) is 0 Å². The molecule has 3 aromatic rings. The topological polar surface area (TPSA) is 85.7 Å². The molecule has 0 fully saturated rings. The van der Waals surface area contributed by atoms with Crippen LogP contribution in [-0.2, 0) is 21.3 Å². The van der Waals surface area contributed by atoms with Crippen LogP contribution in [0.15, 0.2) is 52.7 Å². The largest absolute Gasteiger partial charge is 0.454 e. The van der Waals surface area contributed by atoms with Gasteiger partial charge in [0.1, 0.15) is 0 Å². The maximum absolute atomic E-state index is 12.7. The van der Waals surface area contributed by atoms with E-state index in [1.54, 1.807) is 17.4 Å². The number of Topliss-reactive ketones (excluding diaryl/α,β-unsaturated/α-hetero) is 1. The normalized spacial score (nSPS) is 11.6. The lowest BCUT2D eigenvalue weighted by atomic mass is 10.1. The molecule has 0 bridgehead atoms.